The average molecular weight is 251 g/mol. The van der Waals surface area contributed by atoms with E-state index in [-0.39, 0.29) is 5.11 Å². The minimum atomic E-state index is 0.153. The Hall–Kier alpha value is -1.62. The molecular weight excluding hydrogens is 234 g/mol. The van der Waals surface area contributed by atoms with E-state index in [0.29, 0.717) is 0 Å². The molecular formula is C12H17N3OS. The number of ether oxygens (including phenoxy) is 1. The van der Waals surface area contributed by atoms with Crippen LogP contribution in [-0.4, -0.2) is 17.9 Å². The second-order valence-electron chi connectivity index (χ2n) is 3.51. The van der Waals surface area contributed by atoms with Crippen LogP contribution in [0.1, 0.15) is 25.3 Å². The first kappa shape index (κ1) is 13.4. The fourth-order valence-corrected chi connectivity index (χ4v) is 1.21. The highest BCUT2D eigenvalue weighted by atomic mass is 32.1. The Morgan fingerprint density at radius 3 is 2.76 bits per heavy atom. The van der Waals surface area contributed by atoms with Gasteiger partial charge in [0.05, 0.1) is 12.8 Å². The number of nitrogens with zero attached hydrogens (tertiary/aromatic N) is 1. The SMILES string of the molecule is CCCCOc1ccc(/C=N/NC(N)=S)cc1. The molecule has 4 nitrogen and oxygen atoms in total. The fourth-order valence-electron chi connectivity index (χ4n) is 1.15. The number of nitrogens with one attached hydrogen (secondary N) is 1. The molecule has 0 aliphatic carbocycles. The van der Waals surface area contributed by atoms with Gasteiger partial charge < -0.3 is 10.5 Å². The summed E-state index contributed by atoms with van der Waals surface area (Å²) in [6.45, 7) is 2.89. The summed E-state index contributed by atoms with van der Waals surface area (Å²) in [6.07, 6.45) is 3.85. The predicted octanol–water partition coefficient (Wildman–Crippen LogP) is 2.03. The lowest BCUT2D eigenvalue weighted by molar-refractivity contribution is 0.309. The Kier molecular flexibility index (Phi) is 6.03. The summed E-state index contributed by atoms with van der Waals surface area (Å²) in [6, 6.07) is 7.67. The summed E-state index contributed by atoms with van der Waals surface area (Å²) in [7, 11) is 0. The van der Waals surface area contributed by atoms with Crippen LogP contribution in [0.4, 0.5) is 0 Å². The molecule has 0 spiro atoms. The molecule has 0 fully saturated rings. The van der Waals surface area contributed by atoms with Gasteiger partial charge in [-0.2, -0.15) is 5.10 Å². The van der Waals surface area contributed by atoms with Crippen LogP contribution < -0.4 is 15.9 Å². The van der Waals surface area contributed by atoms with Gasteiger partial charge in [-0.05, 0) is 48.5 Å². The number of rotatable bonds is 6. The van der Waals surface area contributed by atoms with Crippen molar-refractivity contribution in [3.8, 4) is 5.75 Å². The normalized spacial score (nSPS) is 10.4. The Morgan fingerprint density at radius 2 is 2.18 bits per heavy atom. The largest absolute Gasteiger partial charge is 0.494 e. The molecule has 0 bridgehead atoms. The molecule has 5 heteroatoms. The van der Waals surface area contributed by atoms with Crippen LogP contribution in [0.25, 0.3) is 0 Å². The van der Waals surface area contributed by atoms with Gasteiger partial charge in [-0.25, -0.2) is 0 Å². The molecule has 0 unspecified atom stereocenters. The van der Waals surface area contributed by atoms with Crippen LogP contribution in [0.3, 0.4) is 0 Å². The minimum absolute atomic E-state index is 0.153. The molecule has 0 aliphatic heterocycles. The highest BCUT2D eigenvalue weighted by Crippen LogP contribution is 2.11. The van der Waals surface area contributed by atoms with Crippen LogP contribution in [0.2, 0.25) is 0 Å². The summed E-state index contributed by atoms with van der Waals surface area (Å²) >= 11 is 4.62. The first-order chi connectivity index (χ1) is 8.22. The number of hydrogen-bond acceptors (Lipinski definition) is 3. The molecule has 3 N–H and O–H groups in total. The van der Waals surface area contributed by atoms with Gasteiger partial charge in [-0.15, -0.1) is 0 Å². The predicted molar refractivity (Wildman–Crippen MR) is 74.4 cm³/mol. The van der Waals surface area contributed by atoms with Crippen LogP contribution in [0.5, 0.6) is 5.75 Å². The molecule has 0 amide bonds. The smallest absolute Gasteiger partial charge is 0.184 e. The molecule has 1 aromatic rings. The topological polar surface area (TPSA) is 59.6 Å². The lowest BCUT2D eigenvalue weighted by atomic mass is 10.2. The number of benzene rings is 1. The molecule has 0 saturated heterocycles. The van der Waals surface area contributed by atoms with Crippen LogP contribution in [-0.2, 0) is 0 Å². The summed E-state index contributed by atoms with van der Waals surface area (Å²) in [5, 5.41) is 4.02. The van der Waals surface area contributed by atoms with Crippen molar-refractivity contribution in [1.82, 2.24) is 5.43 Å². The van der Waals surface area contributed by atoms with E-state index >= 15 is 0 Å². The van der Waals surface area contributed by atoms with Gasteiger partial charge in [0.25, 0.3) is 0 Å². The fraction of sp³-hybridized carbons (Fsp3) is 0.333. The number of nitrogens with two attached hydrogens (primary N) is 1. The van der Waals surface area contributed by atoms with Crippen molar-refractivity contribution in [3.05, 3.63) is 29.8 Å². The van der Waals surface area contributed by atoms with Gasteiger partial charge in [0.15, 0.2) is 5.11 Å². The third kappa shape index (κ3) is 5.87. The zero-order valence-electron chi connectivity index (χ0n) is 9.85. The van der Waals surface area contributed by atoms with Crippen LogP contribution in [0.15, 0.2) is 29.4 Å². The molecule has 0 aliphatic rings. The third-order valence-corrected chi connectivity index (χ3v) is 2.13. The van der Waals surface area contributed by atoms with Crippen molar-refractivity contribution in [3.63, 3.8) is 0 Å². The van der Waals surface area contributed by atoms with Gasteiger partial charge in [0.1, 0.15) is 5.75 Å². The maximum absolute atomic E-state index is 5.54. The summed E-state index contributed by atoms with van der Waals surface area (Å²) in [5.74, 6) is 0.873. The summed E-state index contributed by atoms with van der Waals surface area (Å²) < 4.78 is 5.54. The number of unbranched alkanes of at least 4 members (excludes halogenated alkanes) is 1. The van der Waals surface area contributed by atoms with E-state index in [2.05, 4.69) is 29.7 Å². The lowest BCUT2D eigenvalue weighted by Crippen LogP contribution is -2.23. The molecule has 0 atom stereocenters. The standard InChI is InChI=1S/C12H17N3OS/c1-2-3-8-16-11-6-4-10(5-7-11)9-14-15-12(13)17/h4-7,9H,2-3,8H2,1H3,(H3,13,15,17)/b14-9+. The zero-order valence-corrected chi connectivity index (χ0v) is 10.7. The van der Waals surface area contributed by atoms with Gasteiger partial charge in [-0.3, -0.25) is 5.43 Å². The second-order valence-corrected chi connectivity index (χ2v) is 3.95. The Bertz CT molecular complexity index is 376. The van der Waals surface area contributed by atoms with Crippen LogP contribution >= 0.6 is 12.2 Å². The first-order valence-electron chi connectivity index (χ1n) is 5.53. The first-order valence-corrected chi connectivity index (χ1v) is 5.94. The van der Waals surface area contributed by atoms with Crippen molar-refractivity contribution in [2.75, 3.05) is 6.61 Å². The van der Waals surface area contributed by atoms with Crippen molar-refractivity contribution in [2.45, 2.75) is 19.8 Å². The van der Waals surface area contributed by atoms with E-state index in [1.807, 2.05) is 24.3 Å². The number of hydrazone groups is 1. The quantitative estimate of drug-likeness (QED) is 0.351. The third-order valence-electron chi connectivity index (χ3n) is 2.04. The van der Waals surface area contributed by atoms with Crippen molar-refractivity contribution >= 4 is 23.5 Å². The summed E-state index contributed by atoms with van der Waals surface area (Å²) in [4.78, 5) is 0. The molecule has 0 heterocycles. The molecule has 0 radical (unpaired) electrons. The van der Waals surface area contributed by atoms with E-state index < -0.39 is 0 Å². The van der Waals surface area contributed by atoms with Crippen LogP contribution in [0, 0.1) is 0 Å². The van der Waals surface area contributed by atoms with E-state index in [4.69, 9.17) is 10.5 Å². The Labute approximate surface area is 107 Å². The molecule has 17 heavy (non-hydrogen) atoms. The minimum Gasteiger partial charge on any atom is -0.494 e. The molecule has 0 aromatic heterocycles. The number of hydrogen-bond donors (Lipinski definition) is 2. The van der Waals surface area contributed by atoms with Crippen molar-refractivity contribution in [1.29, 1.82) is 0 Å². The van der Waals surface area contributed by atoms with Gasteiger partial charge in [-0.1, -0.05) is 13.3 Å². The van der Waals surface area contributed by atoms with Crippen molar-refractivity contribution in [2.24, 2.45) is 10.8 Å². The maximum atomic E-state index is 5.54. The average Bonchev–Trinajstić information content (AvgIpc) is 2.31. The van der Waals surface area contributed by atoms with E-state index in [1.165, 1.54) is 0 Å². The van der Waals surface area contributed by atoms with Gasteiger partial charge >= 0.3 is 0 Å². The van der Waals surface area contributed by atoms with Gasteiger partial charge in [0.2, 0.25) is 0 Å². The maximum Gasteiger partial charge on any atom is 0.184 e. The molecule has 92 valence electrons. The Balaban J connectivity index is 2.44. The summed E-state index contributed by atoms with van der Waals surface area (Å²) in [5.41, 5.74) is 8.69. The molecule has 1 aromatic carbocycles. The second kappa shape index (κ2) is 7.62. The van der Waals surface area contributed by atoms with E-state index in [9.17, 15) is 0 Å². The highest BCUT2D eigenvalue weighted by Gasteiger charge is 1.93. The Morgan fingerprint density at radius 1 is 1.47 bits per heavy atom. The van der Waals surface area contributed by atoms with Crippen molar-refractivity contribution < 1.29 is 4.74 Å². The monoisotopic (exact) mass is 251 g/mol. The van der Waals surface area contributed by atoms with Gasteiger partial charge in [0, 0.05) is 0 Å². The molecule has 1 rings (SSSR count). The lowest BCUT2D eigenvalue weighted by Gasteiger charge is -2.04. The highest BCUT2D eigenvalue weighted by molar-refractivity contribution is 7.80. The van der Waals surface area contributed by atoms with E-state index in [1.54, 1.807) is 6.21 Å². The molecule has 0 saturated carbocycles. The zero-order chi connectivity index (χ0) is 12.5. The van der Waals surface area contributed by atoms with E-state index in [0.717, 1.165) is 30.8 Å². The number of thiocarbonyl (C=S) groups is 1.